The first-order valence-electron chi connectivity index (χ1n) is 7.19. The van der Waals surface area contributed by atoms with Gasteiger partial charge in [0.2, 0.25) is 0 Å². The molecular formula is C15H25ClN4O. The molecular weight excluding hydrogens is 288 g/mol. The Morgan fingerprint density at radius 2 is 1.95 bits per heavy atom. The van der Waals surface area contributed by atoms with Gasteiger partial charge in [-0.15, -0.1) is 11.6 Å². The second-order valence-corrected chi connectivity index (χ2v) is 7.16. The number of nitriles is 1. The Balaban J connectivity index is 2.69. The van der Waals surface area contributed by atoms with Crippen molar-refractivity contribution in [2.45, 2.75) is 57.7 Å². The van der Waals surface area contributed by atoms with Crippen molar-refractivity contribution in [3.8, 4) is 6.07 Å². The topological polar surface area (TPSA) is 77.0 Å². The molecule has 0 spiro atoms. The zero-order chi connectivity index (χ0) is 16.1. The van der Waals surface area contributed by atoms with E-state index in [0.717, 1.165) is 12.8 Å². The van der Waals surface area contributed by atoms with Gasteiger partial charge in [-0.1, -0.05) is 0 Å². The normalized spacial score (nSPS) is 21.4. The van der Waals surface area contributed by atoms with E-state index >= 15 is 0 Å². The standard InChI is InChI=1S/C15H25ClN4O/c1-14(2)7-12(8-15(3,4)20-14)19-10-11(9-17)13(21)18-6-5-16/h10,12,19-20H,5-8H2,1-4H3,(H,18,21)/b11-10-. The molecule has 118 valence electrons. The van der Waals surface area contributed by atoms with Crippen LogP contribution in [0.15, 0.2) is 11.8 Å². The van der Waals surface area contributed by atoms with Gasteiger partial charge in [0.15, 0.2) is 0 Å². The van der Waals surface area contributed by atoms with E-state index in [4.69, 9.17) is 16.9 Å². The van der Waals surface area contributed by atoms with E-state index in [1.165, 1.54) is 6.20 Å². The van der Waals surface area contributed by atoms with Gasteiger partial charge in [0.1, 0.15) is 11.6 Å². The summed E-state index contributed by atoms with van der Waals surface area (Å²) in [5.41, 5.74) is 0.108. The highest BCUT2D eigenvalue weighted by atomic mass is 35.5. The lowest BCUT2D eigenvalue weighted by atomic mass is 9.80. The number of nitrogens with one attached hydrogen (secondary N) is 3. The molecule has 0 saturated carbocycles. The molecule has 6 heteroatoms. The van der Waals surface area contributed by atoms with E-state index in [0.29, 0.717) is 12.4 Å². The number of hydrogen-bond acceptors (Lipinski definition) is 4. The molecule has 0 radical (unpaired) electrons. The van der Waals surface area contributed by atoms with E-state index in [2.05, 4.69) is 43.6 Å². The monoisotopic (exact) mass is 312 g/mol. The second kappa shape index (κ2) is 7.15. The molecule has 3 N–H and O–H groups in total. The number of rotatable bonds is 5. The lowest BCUT2D eigenvalue weighted by Gasteiger charge is -2.46. The molecule has 0 aromatic carbocycles. The highest BCUT2D eigenvalue weighted by Crippen LogP contribution is 2.28. The molecule has 0 unspecified atom stereocenters. The van der Waals surface area contributed by atoms with Gasteiger partial charge in [-0.2, -0.15) is 5.26 Å². The molecule has 0 aromatic heterocycles. The number of nitrogens with zero attached hydrogens (tertiary/aromatic N) is 1. The molecule has 1 aliphatic rings. The Bertz CT molecular complexity index is 435. The minimum Gasteiger partial charge on any atom is -0.387 e. The van der Waals surface area contributed by atoms with E-state index in [-0.39, 0.29) is 22.7 Å². The van der Waals surface area contributed by atoms with Crippen LogP contribution in [0.3, 0.4) is 0 Å². The molecule has 1 saturated heterocycles. The SMILES string of the molecule is CC1(C)CC(N/C=C(/C#N)C(=O)NCCCl)CC(C)(C)N1. The lowest BCUT2D eigenvalue weighted by molar-refractivity contribution is -0.117. The number of piperidine rings is 1. The van der Waals surface area contributed by atoms with Crippen molar-refractivity contribution >= 4 is 17.5 Å². The van der Waals surface area contributed by atoms with Gasteiger partial charge in [-0.25, -0.2) is 0 Å². The van der Waals surface area contributed by atoms with Crippen LogP contribution in [0.4, 0.5) is 0 Å². The van der Waals surface area contributed by atoms with Crippen LogP contribution in [0.25, 0.3) is 0 Å². The van der Waals surface area contributed by atoms with E-state index in [9.17, 15) is 4.79 Å². The Labute approximate surface area is 132 Å². The average Bonchev–Trinajstić information content (AvgIpc) is 2.33. The van der Waals surface area contributed by atoms with Gasteiger partial charge >= 0.3 is 0 Å². The van der Waals surface area contributed by atoms with Crippen LogP contribution < -0.4 is 16.0 Å². The average molecular weight is 313 g/mol. The molecule has 1 aliphatic heterocycles. The number of amides is 1. The third kappa shape index (κ3) is 5.94. The number of hydrogen-bond donors (Lipinski definition) is 3. The molecule has 0 atom stereocenters. The molecule has 1 heterocycles. The highest BCUT2D eigenvalue weighted by molar-refractivity contribution is 6.18. The van der Waals surface area contributed by atoms with Crippen LogP contribution in [0, 0.1) is 11.3 Å². The van der Waals surface area contributed by atoms with Crippen LogP contribution in [0.5, 0.6) is 0 Å². The van der Waals surface area contributed by atoms with Gasteiger partial charge in [0.25, 0.3) is 5.91 Å². The van der Waals surface area contributed by atoms with Gasteiger partial charge in [-0.3, -0.25) is 4.79 Å². The lowest BCUT2D eigenvalue weighted by Crippen LogP contribution is -2.61. The van der Waals surface area contributed by atoms with Gasteiger partial charge < -0.3 is 16.0 Å². The number of halogens is 1. The maximum Gasteiger partial charge on any atom is 0.263 e. The maximum absolute atomic E-state index is 11.7. The van der Waals surface area contributed by atoms with Crippen molar-refractivity contribution in [2.24, 2.45) is 0 Å². The Kier molecular flexibility index (Phi) is 6.06. The summed E-state index contributed by atoms with van der Waals surface area (Å²) in [5.74, 6) is -0.0627. The van der Waals surface area contributed by atoms with Crippen LogP contribution in [0.2, 0.25) is 0 Å². The zero-order valence-electron chi connectivity index (χ0n) is 13.2. The molecule has 5 nitrogen and oxygen atoms in total. The van der Waals surface area contributed by atoms with Crippen molar-refractivity contribution in [1.82, 2.24) is 16.0 Å². The first-order chi connectivity index (χ1) is 9.69. The highest BCUT2D eigenvalue weighted by Gasteiger charge is 2.37. The fourth-order valence-corrected chi connectivity index (χ4v) is 3.14. The third-order valence-corrected chi connectivity index (χ3v) is 3.59. The second-order valence-electron chi connectivity index (χ2n) is 6.78. The Morgan fingerprint density at radius 3 is 2.43 bits per heavy atom. The summed E-state index contributed by atoms with van der Waals surface area (Å²) in [6, 6.07) is 2.14. The summed E-state index contributed by atoms with van der Waals surface area (Å²) < 4.78 is 0. The smallest absolute Gasteiger partial charge is 0.263 e. The summed E-state index contributed by atoms with van der Waals surface area (Å²) in [5, 5.41) is 18.5. The Morgan fingerprint density at radius 1 is 1.38 bits per heavy atom. The van der Waals surface area contributed by atoms with Gasteiger partial charge in [0, 0.05) is 35.7 Å². The van der Waals surface area contributed by atoms with Crippen molar-refractivity contribution < 1.29 is 4.79 Å². The fraction of sp³-hybridized carbons (Fsp3) is 0.733. The van der Waals surface area contributed by atoms with Crippen molar-refractivity contribution in [3.05, 3.63) is 11.8 Å². The summed E-state index contributed by atoms with van der Waals surface area (Å²) in [6.07, 6.45) is 3.37. The van der Waals surface area contributed by atoms with Crippen LogP contribution in [0.1, 0.15) is 40.5 Å². The molecule has 0 aromatic rings. The van der Waals surface area contributed by atoms with Crippen LogP contribution in [-0.2, 0) is 4.79 Å². The van der Waals surface area contributed by atoms with Gasteiger partial charge in [0.05, 0.1) is 0 Å². The minimum atomic E-state index is -0.391. The van der Waals surface area contributed by atoms with E-state index < -0.39 is 5.91 Å². The predicted octanol–water partition coefficient (Wildman–Crippen LogP) is 1.65. The summed E-state index contributed by atoms with van der Waals surface area (Å²) in [7, 11) is 0. The summed E-state index contributed by atoms with van der Waals surface area (Å²) in [4.78, 5) is 11.7. The predicted molar refractivity (Wildman–Crippen MR) is 84.9 cm³/mol. The number of carbonyl (C=O) groups excluding carboxylic acids is 1. The Hall–Kier alpha value is -1.25. The summed E-state index contributed by atoms with van der Waals surface area (Å²) >= 11 is 5.52. The van der Waals surface area contributed by atoms with Gasteiger partial charge in [-0.05, 0) is 40.5 Å². The number of alkyl halides is 1. The number of carbonyl (C=O) groups is 1. The van der Waals surface area contributed by atoms with Crippen LogP contribution >= 0.6 is 11.6 Å². The van der Waals surface area contributed by atoms with Crippen molar-refractivity contribution in [2.75, 3.05) is 12.4 Å². The molecule has 0 bridgehead atoms. The maximum atomic E-state index is 11.7. The quantitative estimate of drug-likeness (QED) is 0.410. The third-order valence-electron chi connectivity index (χ3n) is 3.40. The van der Waals surface area contributed by atoms with E-state index in [1.807, 2.05) is 6.07 Å². The van der Waals surface area contributed by atoms with E-state index in [1.54, 1.807) is 0 Å². The molecule has 21 heavy (non-hydrogen) atoms. The molecule has 1 fully saturated rings. The van der Waals surface area contributed by atoms with Crippen molar-refractivity contribution in [1.29, 1.82) is 5.26 Å². The molecule has 1 amide bonds. The zero-order valence-corrected chi connectivity index (χ0v) is 14.0. The first-order valence-corrected chi connectivity index (χ1v) is 7.72. The molecule has 0 aliphatic carbocycles. The van der Waals surface area contributed by atoms with Crippen molar-refractivity contribution in [3.63, 3.8) is 0 Å². The minimum absolute atomic E-state index is 0.0148. The first kappa shape index (κ1) is 17.8. The largest absolute Gasteiger partial charge is 0.387 e. The summed E-state index contributed by atoms with van der Waals surface area (Å²) in [6.45, 7) is 8.98. The van der Waals surface area contributed by atoms with Crippen LogP contribution in [-0.4, -0.2) is 35.5 Å². The molecule has 1 rings (SSSR count). The fourth-order valence-electron chi connectivity index (χ4n) is 3.05.